The molecule has 2 aliphatic carbocycles. The van der Waals surface area contributed by atoms with Gasteiger partial charge in [-0.05, 0) is 0 Å². The van der Waals surface area contributed by atoms with E-state index in [9.17, 15) is 0 Å². The fourth-order valence-corrected chi connectivity index (χ4v) is 0.680. The van der Waals surface area contributed by atoms with Crippen molar-refractivity contribution in [2.24, 2.45) is 0 Å². The van der Waals surface area contributed by atoms with Crippen molar-refractivity contribution < 1.29 is 35.3 Å². The molecule has 0 heterocycles. The van der Waals surface area contributed by atoms with E-state index in [1.54, 1.807) is 0 Å². The zero-order valence-corrected chi connectivity index (χ0v) is 10.8. The fraction of sp³-hybridized carbons (Fsp3) is 0.200. The number of hydrogen-bond acceptors (Lipinski definition) is 0. The number of allylic oxidation sites excluding steroid dienone is 8. The molecule has 0 unspecified atom stereocenters. The van der Waals surface area contributed by atoms with Crippen molar-refractivity contribution in [1.29, 1.82) is 0 Å². The molecule has 0 spiro atoms. The van der Waals surface area contributed by atoms with Crippen LogP contribution in [0.25, 0.3) is 0 Å². The molecule has 0 fully saturated rings. The van der Waals surface area contributed by atoms with Crippen molar-refractivity contribution in [2.75, 3.05) is 0 Å². The second-order valence-electron chi connectivity index (χ2n) is 2.01. The molecule has 0 aliphatic heterocycles. The standard InChI is InChI=1S/2C5H5.2FH.Hf/c2*1-2-4-5-3-1;;;/h2*1-3H,4H2;2*1H;/q2*-1;;;. The van der Waals surface area contributed by atoms with Crippen molar-refractivity contribution in [3.05, 3.63) is 48.6 Å². The molecular formula is C10H12F2Hf-2. The Bertz CT molecular complexity index is 151. The largest absolute Gasteiger partial charge is 0.273 e. The van der Waals surface area contributed by atoms with Gasteiger partial charge in [-0.3, -0.25) is 21.6 Å². The number of rotatable bonds is 0. The van der Waals surface area contributed by atoms with Crippen LogP contribution in [0.1, 0.15) is 12.8 Å². The van der Waals surface area contributed by atoms with E-state index >= 15 is 0 Å². The van der Waals surface area contributed by atoms with Crippen molar-refractivity contribution >= 4 is 0 Å². The van der Waals surface area contributed by atoms with Crippen molar-refractivity contribution in [1.82, 2.24) is 0 Å². The van der Waals surface area contributed by atoms with Gasteiger partial charge >= 0.3 is 0 Å². The van der Waals surface area contributed by atoms with Crippen LogP contribution in [0, 0.1) is 12.2 Å². The molecule has 0 amide bonds. The molecule has 0 aromatic rings. The first kappa shape index (κ1) is 18.5. The summed E-state index contributed by atoms with van der Waals surface area (Å²) in [4.78, 5) is 0. The van der Waals surface area contributed by atoms with E-state index in [0.717, 1.165) is 12.8 Å². The Kier molecular flexibility index (Phi) is 20.2. The summed E-state index contributed by atoms with van der Waals surface area (Å²) in [6, 6.07) is 0. The molecule has 72 valence electrons. The molecule has 0 saturated carbocycles. The quantitative estimate of drug-likeness (QED) is 0.466. The average molecular weight is 349 g/mol. The summed E-state index contributed by atoms with van der Waals surface area (Å²) in [5.74, 6) is 0. The van der Waals surface area contributed by atoms with Gasteiger partial charge < -0.3 is 0 Å². The molecule has 0 bridgehead atoms. The first-order valence-electron chi connectivity index (χ1n) is 3.43. The van der Waals surface area contributed by atoms with Gasteiger partial charge in [0, 0.05) is 25.8 Å². The molecule has 2 aliphatic rings. The van der Waals surface area contributed by atoms with Gasteiger partial charge in [-0.1, -0.05) is 0 Å². The van der Waals surface area contributed by atoms with Gasteiger partial charge in [0.2, 0.25) is 0 Å². The summed E-state index contributed by atoms with van der Waals surface area (Å²) in [5, 5.41) is 0. The van der Waals surface area contributed by atoms with Crippen LogP contribution < -0.4 is 0 Å². The third kappa shape index (κ3) is 11.7. The molecule has 0 atom stereocenters. The summed E-state index contributed by atoms with van der Waals surface area (Å²) in [7, 11) is 0. The van der Waals surface area contributed by atoms with Gasteiger partial charge in [-0.2, -0.15) is 12.2 Å². The van der Waals surface area contributed by atoms with Crippen LogP contribution in [0.15, 0.2) is 36.5 Å². The Morgan fingerprint density at radius 1 is 0.769 bits per heavy atom. The van der Waals surface area contributed by atoms with Gasteiger partial charge in [0.1, 0.15) is 0 Å². The molecule has 3 heteroatoms. The van der Waals surface area contributed by atoms with Crippen LogP contribution in [0.5, 0.6) is 0 Å². The van der Waals surface area contributed by atoms with Crippen LogP contribution in [-0.4, -0.2) is 0 Å². The van der Waals surface area contributed by atoms with E-state index in [1.807, 2.05) is 24.3 Å². The minimum absolute atomic E-state index is 0. The summed E-state index contributed by atoms with van der Waals surface area (Å²) >= 11 is 0. The van der Waals surface area contributed by atoms with Gasteiger partial charge in [-0.15, -0.1) is 12.8 Å². The molecule has 0 radical (unpaired) electrons. The smallest absolute Gasteiger partial charge is 0 e. The van der Waals surface area contributed by atoms with Crippen LogP contribution in [0.4, 0.5) is 9.41 Å². The minimum atomic E-state index is 0. The molecule has 13 heavy (non-hydrogen) atoms. The predicted octanol–water partition coefficient (Wildman–Crippen LogP) is 2.91. The SMILES string of the molecule is F.F.[C-]1=CC=CC1.[C-]1=CC=CC1.[Hf]. The van der Waals surface area contributed by atoms with Gasteiger partial charge in [0.05, 0.1) is 0 Å². The maximum Gasteiger partial charge on any atom is 0 e. The second kappa shape index (κ2) is 14.2. The summed E-state index contributed by atoms with van der Waals surface area (Å²) in [6.45, 7) is 0. The van der Waals surface area contributed by atoms with Crippen molar-refractivity contribution in [3.63, 3.8) is 0 Å². The summed E-state index contributed by atoms with van der Waals surface area (Å²) in [5.41, 5.74) is 0. The third-order valence-electron chi connectivity index (χ3n) is 1.17. The van der Waals surface area contributed by atoms with Gasteiger partial charge in [0.25, 0.3) is 0 Å². The molecule has 2 rings (SSSR count). The van der Waals surface area contributed by atoms with E-state index < -0.39 is 0 Å². The van der Waals surface area contributed by atoms with Crippen LogP contribution in [0.3, 0.4) is 0 Å². The average Bonchev–Trinajstić information content (AvgIpc) is 2.67. The molecule has 0 aromatic heterocycles. The van der Waals surface area contributed by atoms with Crippen molar-refractivity contribution in [2.45, 2.75) is 12.8 Å². The topological polar surface area (TPSA) is 0 Å². The van der Waals surface area contributed by atoms with Crippen LogP contribution >= 0.6 is 0 Å². The summed E-state index contributed by atoms with van der Waals surface area (Å²) < 4.78 is 0. The van der Waals surface area contributed by atoms with E-state index in [0.29, 0.717) is 0 Å². The normalized spacial score (nSPS) is 13.5. The Balaban J connectivity index is -0.000000125. The first-order chi connectivity index (χ1) is 5.00. The second-order valence-corrected chi connectivity index (χ2v) is 2.01. The Labute approximate surface area is 96.6 Å². The van der Waals surface area contributed by atoms with Crippen molar-refractivity contribution in [3.8, 4) is 0 Å². The first-order valence-corrected chi connectivity index (χ1v) is 3.43. The molecule has 0 nitrogen and oxygen atoms in total. The van der Waals surface area contributed by atoms with Gasteiger partial charge in [-0.25, -0.2) is 24.3 Å². The monoisotopic (exact) mass is 350 g/mol. The molecular weight excluding hydrogens is 337 g/mol. The van der Waals surface area contributed by atoms with E-state index in [1.165, 1.54) is 0 Å². The van der Waals surface area contributed by atoms with E-state index in [2.05, 4.69) is 24.3 Å². The third-order valence-corrected chi connectivity index (χ3v) is 1.17. The zero-order chi connectivity index (χ0) is 7.07. The Hall–Kier alpha value is -0.310. The maximum absolute atomic E-state index is 2.99. The fourth-order valence-electron chi connectivity index (χ4n) is 0.680. The van der Waals surface area contributed by atoms with Gasteiger partial charge in [0.15, 0.2) is 0 Å². The summed E-state index contributed by atoms with van der Waals surface area (Å²) in [6.07, 6.45) is 20.0. The molecule has 0 aromatic carbocycles. The van der Waals surface area contributed by atoms with E-state index in [4.69, 9.17) is 0 Å². The Morgan fingerprint density at radius 2 is 1.15 bits per heavy atom. The molecule has 0 saturated heterocycles. The van der Waals surface area contributed by atoms with Crippen LogP contribution in [-0.2, 0) is 25.8 Å². The molecule has 0 N–H and O–H groups in total. The number of hydrogen-bond donors (Lipinski definition) is 0. The van der Waals surface area contributed by atoms with Crippen LogP contribution in [0.2, 0.25) is 0 Å². The number of halogens is 2. The predicted molar refractivity (Wildman–Crippen MR) is 48.1 cm³/mol. The minimum Gasteiger partial charge on any atom is -0.273 e. The van der Waals surface area contributed by atoms with E-state index in [-0.39, 0.29) is 35.3 Å². The Morgan fingerprint density at radius 3 is 1.23 bits per heavy atom. The zero-order valence-electron chi connectivity index (χ0n) is 7.19. The maximum atomic E-state index is 2.99.